The van der Waals surface area contributed by atoms with Crippen molar-refractivity contribution in [1.29, 1.82) is 0 Å². The molecule has 42 heavy (non-hydrogen) atoms. The summed E-state index contributed by atoms with van der Waals surface area (Å²) in [6, 6.07) is 0.0392. The summed E-state index contributed by atoms with van der Waals surface area (Å²) in [6.07, 6.45) is 12.2. The van der Waals surface area contributed by atoms with E-state index >= 15 is 0 Å². The molecule has 5 rings (SSSR count). The van der Waals surface area contributed by atoms with Gasteiger partial charge in [-0.05, 0) is 93.7 Å². The Hall–Kier alpha value is -1.26. The Morgan fingerprint density at radius 2 is 1.86 bits per heavy atom. The lowest BCUT2D eigenvalue weighted by atomic mass is 9.78. The van der Waals surface area contributed by atoms with Gasteiger partial charge in [-0.25, -0.2) is 0 Å². The zero-order valence-electron chi connectivity index (χ0n) is 26.7. The van der Waals surface area contributed by atoms with Gasteiger partial charge in [-0.15, -0.1) is 0 Å². The van der Waals surface area contributed by atoms with E-state index in [0.717, 1.165) is 64.2 Å². The number of amides is 2. The minimum Gasteiger partial charge on any atom is -0.396 e. The van der Waals surface area contributed by atoms with E-state index in [1.54, 1.807) is 0 Å². The minimum absolute atomic E-state index is 0.0392. The number of ether oxygens (including phenoxy) is 2. The molecule has 238 valence electrons. The summed E-state index contributed by atoms with van der Waals surface area (Å²) in [7, 11) is -0.0723. The van der Waals surface area contributed by atoms with Crippen molar-refractivity contribution in [2.75, 3.05) is 20.3 Å². The van der Waals surface area contributed by atoms with Crippen molar-refractivity contribution in [2.24, 2.45) is 11.8 Å². The third-order valence-corrected chi connectivity index (χ3v) is 17.2. The number of fused-ring (bicyclic) bond motifs is 1. The summed E-state index contributed by atoms with van der Waals surface area (Å²) < 4.78 is 12.8. The summed E-state index contributed by atoms with van der Waals surface area (Å²) in [4.78, 5) is 29.1. The second-order valence-electron chi connectivity index (χ2n) is 14.7. The monoisotopic (exact) mass is 604 g/mol. The molecule has 0 aromatic carbocycles. The van der Waals surface area contributed by atoms with E-state index in [9.17, 15) is 19.8 Å². The number of carbonyl (C=O) groups excluding carboxylic acids is 2. The third kappa shape index (κ3) is 5.77. The molecule has 2 amide bonds. The smallest absolute Gasteiger partial charge is 0.263 e. The number of rotatable bonds is 9. The largest absolute Gasteiger partial charge is 0.396 e. The van der Waals surface area contributed by atoms with Crippen molar-refractivity contribution in [3.8, 4) is 0 Å². The molecule has 5 aliphatic rings. The second kappa shape index (κ2) is 13.0. The predicted molar refractivity (Wildman–Crippen MR) is 165 cm³/mol. The van der Waals surface area contributed by atoms with Crippen molar-refractivity contribution in [2.45, 2.75) is 151 Å². The van der Waals surface area contributed by atoms with Gasteiger partial charge in [0.05, 0.1) is 20.3 Å². The Morgan fingerprint density at radius 3 is 2.52 bits per heavy atom. The minimum atomic E-state index is -1.90. The van der Waals surface area contributed by atoms with Gasteiger partial charge in [-0.3, -0.25) is 9.59 Å². The number of aliphatic hydroxyl groups excluding tert-OH is 2. The van der Waals surface area contributed by atoms with Gasteiger partial charge < -0.3 is 29.9 Å². The predicted octanol–water partition coefficient (Wildman–Crippen LogP) is 4.91. The quantitative estimate of drug-likeness (QED) is 0.323. The fourth-order valence-electron chi connectivity index (χ4n) is 9.79. The molecule has 7 atom stereocenters. The van der Waals surface area contributed by atoms with E-state index in [2.05, 4.69) is 30.2 Å². The topological polar surface area (TPSA) is 108 Å². The highest BCUT2D eigenvalue weighted by molar-refractivity contribution is 6.80. The first-order valence-corrected chi connectivity index (χ1v) is 20.0. The number of methoxy groups -OCH3 is 1. The Kier molecular flexibility index (Phi) is 9.94. The SMILES string of the molecule is COC1CCC([Si](C)(C)[C@H]2[C@H](CCO)O[C@@]3(C(=O)N(CC4CCCC(NC(=O)[C@H](C)O)C4)C4=C3CCCC4)[C@@H]2C)CC1. The number of nitrogens with zero attached hydrogens (tertiary/aromatic N) is 1. The van der Waals surface area contributed by atoms with Crippen LogP contribution in [0, 0.1) is 11.8 Å². The third-order valence-electron chi connectivity index (χ3n) is 12.0. The van der Waals surface area contributed by atoms with Gasteiger partial charge in [0, 0.05) is 37.9 Å². The van der Waals surface area contributed by atoms with Gasteiger partial charge in [0.15, 0.2) is 5.60 Å². The molecule has 0 aromatic heterocycles. The zero-order valence-corrected chi connectivity index (χ0v) is 27.7. The first-order chi connectivity index (χ1) is 20.0. The molecule has 3 aliphatic carbocycles. The fraction of sp³-hybridized carbons (Fsp3) is 0.879. The number of hydrogen-bond donors (Lipinski definition) is 3. The summed E-state index contributed by atoms with van der Waals surface area (Å²) in [5.41, 5.74) is 2.52. The maximum absolute atomic E-state index is 14.8. The van der Waals surface area contributed by atoms with E-state index in [0.29, 0.717) is 36.1 Å². The second-order valence-corrected chi connectivity index (χ2v) is 19.8. The van der Waals surface area contributed by atoms with Crippen LogP contribution in [0.4, 0.5) is 0 Å². The van der Waals surface area contributed by atoms with Gasteiger partial charge in [0.1, 0.15) is 6.10 Å². The van der Waals surface area contributed by atoms with Crippen molar-refractivity contribution >= 4 is 19.9 Å². The summed E-state index contributed by atoms with van der Waals surface area (Å²) in [5, 5.41) is 22.9. The van der Waals surface area contributed by atoms with Crippen molar-refractivity contribution < 1.29 is 29.3 Å². The highest BCUT2D eigenvalue weighted by atomic mass is 28.3. The lowest BCUT2D eigenvalue weighted by Gasteiger charge is -2.44. The van der Waals surface area contributed by atoms with Gasteiger partial charge >= 0.3 is 0 Å². The Morgan fingerprint density at radius 1 is 1.14 bits per heavy atom. The molecule has 2 unspecified atom stereocenters. The van der Waals surface area contributed by atoms with E-state index in [1.165, 1.54) is 31.0 Å². The Balaban J connectivity index is 1.40. The lowest BCUT2D eigenvalue weighted by molar-refractivity contribution is -0.150. The molecule has 1 spiro atoms. The van der Waals surface area contributed by atoms with Crippen LogP contribution in [0.3, 0.4) is 0 Å². The number of nitrogens with one attached hydrogen (secondary N) is 1. The van der Waals surface area contributed by atoms with Crippen LogP contribution in [-0.4, -0.2) is 85.2 Å². The average molecular weight is 605 g/mol. The molecule has 2 heterocycles. The van der Waals surface area contributed by atoms with E-state index < -0.39 is 19.8 Å². The standard InChI is InChI=1S/C33H56N2O6Si/c1-21-30(42(4,5)26-15-13-25(40-3)14-16-26)29(17-18-36)41-33(21)27-11-6-7-12-28(27)35(32(33)39)20-23-9-8-10-24(19-23)34-31(38)22(2)37/h21-26,29-30,36-37H,6-20H2,1-5H3,(H,34,38)/t21-,22+,23?,24?,25?,26?,29+,30-,33+/m1/s1. The van der Waals surface area contributed by atoms with E-state index in [-0.39, 0.29) is 36.5 Å². The molecule has 2 aliphatic heterocycles. The van der Waals surface area contributed by atoms with Crippen LogP contribution in [0.5, 0.6) is 0 Å². The number of aliphatic hydroxyl groups is 2. The first-order valence-electron chi connectivity index (χ1n) is 16.9. The molecule has 0 bridgehead atoms. The lowest BCUT2D eigenvalue weighted by Crippen LogP contribution is -2.51. The molecule has 2 saturated carbocycles. The zero-order chi connectivity index (χ0) is 30.2. The highest BCUT2D eigenvalue weighted by Gasteiger charge is 2.67. The molecule has 0 radical (unpaired) electrons. The van der Waals surface area contributed by atoms with Gasteiger partial charge in [-0.1, -0.05) is 39.3 Å². The van der Waals surface area contributed by atoms with Crippen LogP contribution < -0.4 is 5.32 Å². The Bertz CT molecular complexity index is 1020. The number of carbonyl (C=O) groups is 2. The molecule has 0 aromatic rings. The number of hydrogen-bond acceptors (Lipinski definition) is 6. The maximum atomic E-state index is 14.8. The normalized spacial score (nSPS) is 38.2. The van der Waals surface area contributed by atoms with Crippen LogP contribution in [0.1, 0.15) is 97.3 Å². The van der Waals surface area contributed by atoms with Crippen LogP contribution in [0.2, 0.25) is 24.2 Å². The fourth-order valence-corrected chi connectivity index (χ4v) is 14.9. The van der Waals surface area contributed by atoms with E-state index in [4.69, 9.17) is 9.47 Å². The number of allylic oxidation sites excluding steroid dienone is 1. The van der Waals surface area contributed by atoms with Crippen LogP contribution in [0.25, 0.3) is 0 Å². The maximum Gasteiger partial charge on any atom is 0.263 e. The molecule has 9 heteroatoms. The average Bonchev–Trinajstić information content (AvgIpc) is 3.40. The van der Waals surface area contributed by atoms with Crippen LogP contribution in [0.15, 0.2) is 11.3 Å². The summed E-state index contributed by atoms with van der Waals surface area (Å²) in [5.74, 6) is 0.206. The summed E-state index contributed by atoms with van der Waals surface area (Å²) in [6.45, 7) is 9.60. The Labute approximate surface area is 254 Å². The highest BCUT2D eigenvalue weighted by Crippen LogP contribution is 2.61. The molecule has 1 saturated heterocycles. The molecule has 3 N–H and O–H groups in total. The van der Waals surface area contributed by atoms with Crippen LogP contribution >= 0.6 is 0 Å². The molecule has 8 nitrogen and oxygen atoms in total. The van der Waals surface area contributed by atoms with Gasteiger partial charge in [0.25, 0.3) is 5.91 Å². The van der Waals surface area contributed by atoms with E-state index in [1.807, 2.05) is 7.11 Å². The van der Waals surface area contributed by atoms with Gasteiger partial charge in [0.2, 0.25) is 5.91 Å². The van der Waals surface area contributed by atoms with Crippen molar-refractivity contribution in [3.63, 3.8) is 0 Å². The summed E-state index contributed by atoms with van der Waals surface area (Å²) >= 11 is 0. The first kappa shape index (κ1) is 32.1. The van der Waals surface area contributed by atoms with Gasteiger partial charge in [-0.2, -0.15) is 0 Å². The van der Waals surface area contributed by atoms with Crippen molar-refractivity contribution in [3.05, 3.63) is 11.3 Å². The molecular formula is C33H56N2O6Si. The molecular weight excluding hydrogens is 548 g/mol. The van der Waals surface area contributed by atoms with Crippen LogP contribution in [-0.2, 0) is 19.1 Å². The molecule has 3 fully saturated rings. The van der Waals surface area contributed by atoms with Crippen molar-refractivity contribution in [1.82, 2.24) is 10.2 Å².